The summed E-state index contributed by atoms with van der Waals surface area (Å²) in [4.78, 5) is 19.6. The Morgan fingerprint density at radius 2 is 1.84 bits per heavy atom. The van der Waals surface area contributed by atoms with Crippen molar-refractivity contribution in [2.45, 2.75) is 39.9 Å². The van der Waals surface area contributed by atoms with Gasteiger partial charge in [0.25, 0.3) is 5.91 Å². The number of carbonyl (C=O) groups is 1. The first kappa shape index (κ1) is 22.0. The number of anilines is 2. The van der Waals surface area contributed by atoms with E-state index in [1.165, 1.54) is 6.07 Å². The number of pyridine rings is 1. The number of rotatable bonds is 4. The molecule has 2 heterocycles. The SMILES string of the molecule is Cc1cc(-c2cccc(NC(=O)c3ccc(N4C[C@@H](C)O[C@@H](C)C4)nc3)c2C)ccc1F. The summed E-state index contributed by atoms with van der Waals surface area (Å²) in [7, 11) is 0. The summed E-state index contributed by atoms with van der Waals surface area (Å²) in [5.74, 6) is 0.393. The van der Waals surface area contributed by atoms with Gasteiger partial charge in [0.05, 0.1) is 17.8 Å². The van der Waals surface area contributed by atoms with E-state index in [2.05, 4.69) is 15.2 Å². The van der Waals surface area contributed by atoms with E-state index >= 15 is 0 Å². The zero-order valence-corrected chi connectivity index (χ0v) is 18.9. The summed E-state index contributed by atoms with van der Waals surface area (Å²) in [5.41, 5.74) is 4.59. The molecule has 2 atom stereocenters. The Labute approximate surface area is 188 Å². The zero-order valence-electron chi connectivity index (χ0n) is 18.9. The van der Waals surface area contributed by atoms with Crippen molar-refractivity contribution < 1.29 is 13.9 Å². The maximum atomic E-state index is 13.7. The Morgan fingerprint density at radius 1 is 1.09 bits per heavy atom. The molecule has 0 spiro atoms. The lowest BCUT2D eigenvalue weighted by molar-refractivity contribution is -0.00546. The van der Waals surface area contributed by atoms with E-state index in [0.29, 0.717) is 11.1 Å². The minimum atomic E-state index is -0.229. The van der Waals surface area contributed by atoms with Crippen LogP contribution in [0.5, 0.6) is 0 Å². The molecular formula is C26H28FN3O2. The van der Waals surface area contributed by atoms with Crippen LogP contribution in [0.2, 0.25) is 0 Å². The van der Waals surface area contributed by atoms with Gasteiger partial charge < -0.3 is 15.0 Å². The Morgan fingerprint density at radius 3 is 2.50 bits per heavy atom. The van der Waals surface area contributed by atoms with Crippen molar-refractivity contribution in [2.75, 3.05) is 23.3 Å². The molecule has 1 amide bonds. The summed E-state index contributed by atoms with van der Waals surface area (Å²) in [6.45, 7) is 9.35. The zero-order chi connectivity index (χ0) is 22.8. The molecule has 1 aromatic heterocycles. The highest BCUT2D eigenvalue weighted by molar-refractivity contribution is 6.05. The number of amides is 1. The van der Waals surface area contributed by atoms with E-state index < -0.39 is 0 Å². The van der Waals surface area contributed by atoms with Crippen molar-refractivity contribution in [2.24, 2.45) is 0 Å². The minimum Gasteiger partial charge on any atom is -0.372 e. The van der Waals surface area contributed by atoms with E-state index in [-0.39, 0.29) is 23.9 Å². The number of benzene rings is 2. The molecule has 32 heavy (non-hydrogen) atoms. The van der Waals surface area contributed by atoms with Crippen LogP contribution >= 0.6 is 0 Å². The molecule has 5 nitrogen and oxygen atoms in total. The van der Waals surface area contributed by atoms with Crippen LogP contribution in [0.25, 0.3) is 11.1 Å². The molecule has 4 rings (SSSR count). The highest BCUT2D eigenvalue weighted by Gasteiger charge is 2.23. The van der Waals surface area contributed by atoms with Gasteiger partial charge in [0.2, 0.25) is 0 Å². The number of halogens is 1. The highest BCUT2D eigenvalue weighted by Crippen LogP contribution is 2.30. The lowest BCUT2D eigenvalue weighted by Gasteiger charge is -2.36. The number of hydrogen-bond acceptors (Lipinski definition) is 4. The molecule has 1 aliphatic heterocycles. The fourth-order valence-electron chi connectivity index (χ4n) is 4.16. The molecule has 1 N–H and O–H groups in total. The number of aromatic nitrogens is 1. The smallest absolute Gasteiger partial charge is 0.257 e. The second-order valence-corrected chi connectivity index (χ2v) is 8.46. The fraction of sp³-hybridized carbons (Fsp3) is 0.308. The van der Waals surface area contributed by atoms with Crippen LogP contribution in [0.1, 0.15) is 35.3 Å². The lowest BCUT2D eigenvalue weighted by Crippen LogP contribution is -2.45. The van der Waals surface area contributed by atoms with Gasteiger partial charge >= 0.3 is 0 Å². The maximum Gasteiger partial charge on any atom is 0.257 e. The summed E-state index contributed by atoms with van der Waals surface area (Å²) >= 11 is 0. The predicted octanol–water partition coefficient (Wildman–Crippen LogP) is 5.37. The first-order valence-electron chi connectivity index (χ1n) is 10.9. The molecule has 1 fully saturated rings. The monoisotopic (exact) mass is 433 g/mol. The van der Waals surface area contributed by atoms with Crippen LogP contribution in [-0.4, -0.2) is 36.2 Å². The predicted molar refractivity (Wildman–Crippen MR) is 126 cm³/mol. The molecule has 0 saturated carbocycles. The lowest BCUT2D eigenvalue weighted by atomic mass is 9.97. The van der Waals surface area contributed by atoms with Crippen molar-refractivity contribution in [1.29, 1.82) is 0 Å². The number of ether oxygens (including phenoxy) is 1. The second kappa shape index (κ2) is 9.09. The van der Waals surface area contributed by atoms with Crippen LogP contribution in [0, 0.1) is 19.7 Å². The number of carbonyl (C=O) groups excluding carboxylic acids is 1. The minimum absolute atomic E-state index is 0.142. The third-order valence-electron chi connectivity index (χ3n) is 5.80. The third-order valence-corrected chi connectivity index (χ3v) is 5.80. The van der Waals surface area contributed by atoms with Gasteiger partial charge in [-0.25, -0.2) is 9.37 Å². The number of morpholine rings is 1. The highest BCUT2D eigenvalue weighted by atomic mass is 19.1. The van der Waals surface area contributed by atoms with E-state index in [9.17, 15) is 9.18 Å². The van der Waals surface area contributed by atoms with Gasteiger partial charge in [0.15, 0.2) is 0 Å². The Hall–Kier alpha value is -3.25. The average molecular weight is 434 g/mol. The van der Waals surface area contributed by atoms with Crippen LogP contribution in [0.3, 0.4) is 0 Å². The molecule has 0 aliphatic carbocycles. The third kappa shape index (κ3) is 4.65. The van der Waals surface area contributed by atoms with Crippen molar-refractivity contribution in [3.63, 3.8) is 0 Å². The van der Waals surface area contributed by atoms with Crippen LogP contribution in [-0.2, 0) is 4.74 Å². The molecule has 0 unspecified atom stereocenters. The Bertz CT molecular complexity index is 1120. The molecule has 0 radical (unpaired) electrons. The van der Waals surface area contributed by atoms with E-state index in [4.69, 9.17) is 4.74 Å². The van der Waals surface area contributed by atoms with Crippen molar-refractivity contribution in [3.8, 4) is 11.1 Å². The normalized spacial score (nSPS) is 18.5. The molecular weight excluding hydrogens is 405 g/mol. The summed E-state index contributed by atoms with van der Waals surface area (Å²) < 4.78 is 19.4. The topological polar surface area (TPSA) is 54.5 Å². The van der Waals surface area contributed by atoms with E-state index in [0.717, 1.165) is 41.3 Å². The summed E-state index contributed by atoms with van der Waals surface area (Å²) in [5, 5.41) is 2.99. The van der Waals surface area contributed by atoms with E-state index in [1.807, 2.05) is 51.1 Å². The first-order chi connectivity index (χ1) is 15.3. The van der Waals surface area contributed by atoms with Crippen molar-refractivity contribution in [3.05, 3.63) is 77.2 Å². The molecule has 0 bridgehead atoms. The Balaban J connectivity index is 1.51. The first-order valence-corrected chi connectivity index (χ1v) is 10.9. The molecule has 1 aliphatic rings. The standard InChI is InChI=1S/C26H28FN3O2/c1-16-12-20(8-10-23(16)27)22-6-5-7-24(19(22)4)29-26(31)21-9-11-25(28-13-21)30-14-17(2)32-18(3)15-30/h5-13,17-18H,14-15H2,1-4H3,(H,29,31)/t17-,18+. The van der Waals surface area contributed by atoms with Gasteiger partial charge in [-0.1, -0.05) is 18.2 Å². The van der Waals surface area contributed by atoms with Gasteiger partial charge in [-0.15, -0.1) is 0 Å². The van der Waals surface area contributed by atoms with Gasteiger partial charge in [-0.2, -0.15) is 0 Å². The molecule has 3 aromatic rings. The summed E-state index contributed by atoms with van der Waals surface area (Å²) in [6, 6.07) is 14.4. The van der Waals surface area contributed by atoms with Gasteiger partial charge in [-0.3, -0.25) is 4.79 Å². The average Bonchev–Trinajstić information content (AvgIpc) is 2.76. The summed E-state index contributed by atoms with van der Waals surface area (Å²) in [6.07, 6.45) is 1.89. The second-order valence-electron chi connectivity index (χ2n) is 8.46. The number of hydrogen-bond donors (Lipinski definition) is 1. The molecule has 1 saturated heterocycles. The van der Waals surface area contributed by atoms with Crippen LogP contribution < -0.4 is 10.2 Å². The quantitative estimate of drug-likeness (QED) is 0.601. The largest absolute Gasteiger partial charge is 0.372 e. The maximum absolute atomic E-state index is 13.7. The van der Waals surface area contributed by atoms with Gasteiger partial charge in [0.1, 0.15) is 11.6 Å². The van der Waals surface area contributed by atoms with E-state index in [1.54, 1.807) is 25.3 Å². The van der Waals surface area contributed by atoms with Gasteiger partial charge in [-0.05, 0) is 80.3 Å². The molecule has 166 valence electrons. The number of nitrogens with zero attached hydrogens (tertiary/aromatic N) is 2. The fourth-order valence-corrected chi connectivity index (χ4v) is 4.16. The van der Waals surface area contributed by atoms with Crippen molar-refractivity contribution >= 4 is 17.4 Å². The van der Waals surface area contributed by atoms with Crippen molar-refractivity contribution in [1.82, 2.24) is 4.98 Å². The molecule has 6 heteroatoms. The van der Waals surface area contributed by atoms with Crippen LogP contribution in [0.4, 0.5) is 15.9 Å². The Kier molecular flexibility index (Phi) is 6.24. The van der Waals surface area contributed by atoms with Gasteiger partial charge in [0, 0.05) is 25.0 Å². The van der Waals surface area contributed by atoms with Crippen LogP contribution in [0.15, 0.2) is 54.7 Å². The number of nitrogens with one attached hydrogen (secondary N) is 1. The number of aryl methyl sites for hydroxylation is 1. The molecule has 2 aromatic carbocycles.